The maximum Gasteiger partial charge on any atom is 0.265 e. The molecule has 4 aliphatic carbocycles. The molecule has 0 aliphatic heterocycles. The third-order valence-electron chi connectivity index (χ3n) is 9.41. The second-order valence-corrected chi connectivity index (χ2v) is 11.0. The largest absolute Gasteiger partial charge is 0.353 e. The number of allylic oxidation sites excluding steroid dienone is 3. The molecule has 2 fully saturated rings. The molecule has 1 aromatic rings. The zero-order chi connectivity index (χ0) is 22.7. The van der Waals surface area contributed by atoms with Gasteiger partial charge in [0.15, 0.2) is 0 Å². The van der Waals surface area contributed by atoms with Crippen molar-refractivity contribution < 1.29 is 13.6 Å². The Morgan fingerprint density at radius 3 is 2.62 bits per heavy atom. The van der Waals surface area contributed by atoms with Crippen LogP contribution in [-0.4, -0.2) is 16.9 Å². The Bertz CT molecular complexity index is 986. The van der Waals surface area contributed by atoms with Gasteiger partial charge in [-0.2, -0.15) is 0 Å². The molecule has 1 heterocycles. The molecular weight excluding hydrogens is 406 g/mol. The molecule has 0 spiro atoms. The van der Waals surface area contributed by atoms with Crippen LogP contribution in [0, 0.1) is 28.6 Å². The summed E-state index contributed by atoms with van der Waals surface area (Å²) in [5, 5.41) is 3.14. The van der Waals surface area contributed by atoms with Crippen molar-refractivity contribution in [2.75, 3.05) is 0 Å². The first kappa shape index (κ1) is 21.8. The number of pyridine rings is 1. The van der Waals surface area contributed by atoms with E-state index in [2.05, 4.69) is 36.3 Å². The first-order valence-electron chi connectivity index (χ1n) is 12.1. The van der Waals surface area contributed by atoms with Crippen LogP contribution >= 0.6 is 0 Å². The molecule has 1 aromatic heterocycles. The van der Waals surface area contributed by atoms with Crippen molar-refractivity contribution in [2.45, 2.75) is 78.2 Å². The summed E-state index contributed by atoms with van der Waals surface area (Å²) in [7, 11) is 0. The molecule has 5 rings (SSSR count). The Kier molecular flexibility index (Phi) is 5.29. The lowest BCUT2D eigenvalue weighted by Gasteiger charge is -2.58. The van der Waals surface area contributed by atoms with E-state index < -0.39 is 6.43 Å². The van der Waals surface area contributed by atoms with Gasteiger partial charge in [0.25, 0.3) is 6.43 Å². The molecule has 1 N–H and O–H groups in total. The smallest absolute Gasteiger partial charge is 0.265 e. The zero-order valence-corrected chi connectivity index (χ0v) is 19.3. The van der Waals surface area contributed by atoms with E-state index >= 15 is 0 Å². The molecule has 172 valence electrons. The molecule has 6 atom stereocenters. The van der Waals surface area contributed by atoms with E-state index in [0.29, 0.717) is 17.8 Å². The summed E-state index contributed by atoms with van der Waals surface area (Å²) in [6, 6.07) is 1.92. The maximum atomic E-state index is 13.3. The van der Waals surface area contributed by atoms with E-state index in [4.69, 9.17) is 0 Å². The number of hydrogen-bond acceptors (Lipinski definition) is 2. The number of halogens is 2. The second-order valence-electron chi connectivity index (χ2n) is 11.0. The molecule has 0 radical (unpaired) electrons. The summed E-state index contributed by atoms with van der Waals surface area (Å²) in [5.41, 5.74) is 3.91. The van der Waals surface area contributed by atoms with Crippen LogP contribution in [0.4, 0.5) is 8.78 Å². The lowest BCUT2D eigenvalue weighted by molar-refractivity contribution is -0.120. The first-order valence-corrected chi connectivity index (χ1v) is 12.1. The molecule has 0 saturated heterocycles. The van der Waals surface area contributed by atoms with Gasteiger partial charge in [0, 0.05) is 30.9 Å². The van der Waals surface area contributed by atoms with Crippen LogP contribution in [-0.2, 0) is 4.79 Å². The van der Waals surface area contributed by atoms with E-state index in [-0.39, 0.29) is 28.3 Å². The van der Waals surface area contributed by atoms with E-state index in [1.165, 1.54) is 18.2 Å². The highest BCUT2D eigenvalue weighted by atomic mass is 19.3. The Morgan fingerprint density at radius 2 is 1.88 bits per heavy atom. The van der Waals surface area contributed by atoms with Crippen LogP contribution in [0.15, 0.2) is 36.2 Å². The molecule has 2 saturated carbocycles. The number of hydrogen-bond donors (Lipinski definition) is 1. The molecule has 1 amide bonds. The van der Waals surface area contributed by atoms with Gasteiger partial charge < -0.3 is 5.32 Å². The van der Waals surface area contributed by atoms with Gasteiger partial charge in [0.2, 0.25) is 5.91 Å². The number of nitrogens with zero attached hydrogens (tertiary/aromatic N) is 1. The minimum Gasteiger partial charge on any atom is -0.353 e. The topological polar surface area (TPSA) is 42.0 Å². The Morgan fingerprint density at radius 1 is 1.09 bits per heavy atom. The van der Waals surface area contributed by atoms with Gasteiger partial charge in [-0.25, -0.2) is 8.78 Å². The third-order valence-corrected chi connectivity index (χ3v) is 9.41. The van der Waals surface area contributed by atoms with Crippen molar-refractivity contribution in [3.8, 4) is 0 Å². The summed E-state index contributed by atoms with van der Waals surface area (Å²) in [5.74, 6) is 1.90. The van der Waals surface area contributed by atoms with Crippen LogP contribution in [0.1, 0.15) is 83.3 Å². The quantitative estimate of drug-likeness (QED) is 0.547. The Balaban J connectivity index is 1.40. The molecule has 32 heavy (non-hydrogen) atoms. The number of alkyl halides is 2. The molecule has 0 bridgehead atoms. The van der Waals surface area contributed by atoms with Gasteiger partial charge in [0.1, 0.15) is 0 Å². The number of fused-ring (bicyclic) bond motifs is 5. The van der Waals surface area contributed by atoms with Gasteiger partial charge in [-0.15, -0.1) is 0 Å². The summed E-state index contributed by atoms with van der Waals surface area (Å²) < 4.78 is 26.6. The Hall–Kier alpha value is -2.04. The lowest BCUT2D eigenvalue weighted by Crippen LogP contribution is -2.51. The molecule has 0 aromatic carbocycles. The highest BCUT2D eigenvalue weighted by Crippen LogP contribution is 2.66. The van der Waals surface area contributed by atoms with E-state index in [1.54, 1.807) is 24.8 Å². The fraction of sp³-hybridized carbons (Fsp3) is 0.630. The van der Waals surface area contributed by atoms with Crippen molar-refractivity contribution in [1.29, 1.82) is 0 Å². The van der Waals surface area contributed by atoms with Gasteiger partial charge in [-0.1, -0.05) is 31.6 Å². The minimum atomic E-state index is -2.49. The number of nitrogens with one attached hydrogen (secondary N) is 1. The van der Waals surface area contributed by atoms with Gasteiger partial charge >= 0.3 is 0 Å². The number of aromatic nitrogens is 1. The van der Waals surface area contributed by atoms with Crippen molar-refractivity contribution in [1.82, 2.24) is 10.3 Å². The van der Waals surface area contributed by atoms with Crippen LogP contribution < -0.4 is 5.32 Å². The predicted molar refractivity (Wildman–Crippen MR) is 122 cm³/mol. The Labute approximate surface area is 189 Å². The fourth-order valence-corrected chi connectivity index (χ4v) is 7.81. The van der Waals surface area contributed by atoms with Crippen molar-refractivity contribution >= 4 is 11.5 Å². The maximum absolute atomic E-state index is 13.3. The lowest BCUT2D eigenvalue weighted by atomic mass is 9.47. The van der Waals surface area contributed by atoms with E-state index in [0.717, 1.165) is 44.1 Å². The van der Waals surface area contributed by atoms with E-state index in [9.17, 15) is 13.6 Å². The average Bonchev–Trinajstić information content (AvgIpc) is 3.11. The minimum absolute atomic E-state index is 0.0119. The van der Waals surface area contributed by atoms with Crippen molar-refractivity contribution in [3.05, 3.63) is 47.3 Å². The zero-order valence-electron chi connectivity index (χ0n) is 19.3. The first-order chi connectivity index (χ1) is 15.2. The van der Waals surface area contributed by atoms with Crippen molar-refractivity contribution in [2.24, 2.45) is 28.6 Å². The van der Waals surface area contributed by atoms with E-state index in [1.807, 2.05) is 0 Å². The van der Waals surface area contributed by atoms with Crippen LogP contribution in [0.5, 0.6) is 0 Å². The molecule has 4 aliphatic rings. The van der Waals surface area contributed by atoms with Crippen LogP contribution in [0.3, 0.4) is 0 Å². The average molecular weight is 441 g/mol. The van der Waals surface area contributed by atoms with Crippen molar-refractivity contribution in [3.63, 3.8) is 0 Å². The predicted octanol–water partition coefficient (Wildman–Crippen LogP) is 6.48. The van der Waals surface area contributed by atoms with Gasteiger partial charge in [-0.05, 0) is 90.7 Å². The van der Waals surface area contributed by atoms with Gasteiger partial charge in [-0.3, -0.25) is 9.78 Å². The monoisotopic (exact) mass is 440 g/mol. The normalized spacial score (nSPS) is 38.3. The summed E-state index contributed by atoms with van der Waals surface area (Å²) in [4.78, 5) is 15.7. The highest BCUT2D eigenvalue weighted by Gasteiger charge is 2.56. The number of rotatable bonds is 3. The molecule has 5 heteroatoms. The summed E-state index contributed by atoms with van der Waals surface area (Å²) in [6.45, 7) is 6.43. The summed E-state index contributed by atoms with van der Waals surface area (Å²) in [6.07, 6.45) is 12.9. The number of carbonyl (C=O) groups excluding carboxylic acids is 1. The number of amides is 1. The van der Waals surface area contributed by atoms with Crippen LogP contribution in [0.25, 0.3) is 5.57 Å². The number of carbonyl (C=O) groups is 1. The molecular formula is C27H34F2N2O. The summed E-state index contributed by atoms with van der Waals surface area (Å²) >= 11 is 0. The molecule has 0 unspecified atom stereocenters. The SMILES string of the molecule is CC(=O)N[C@@H]1CC[C@@]2(C)C(=CC[C@@H]3[C@@H]2CC[C@]2(C)C(c4cncc(C(F)F)c4)=CC[C@@H]32)C1. The molecule has 3 nitrogen and oxygen atoms in total. The van der Waals surface area contributed by atoms with Gasteiger partial charge in [0.05, 0.1) is 0 Å². The second kappa shape index (κ2) is 7.78. The fourth-order valence-electron chi connectivity index (χ4n) is 7.81. The third kappa shape index (κ3) is 3.34. The highest BCUT2D eigenvalue weighted by molar-refractivity contribution is 5.73. The van der Waals surface area contributed by atoms with Crippen LogP contribution in [0.2, 0.25) is 0 Å². The standard InChI is InChI=1S/C27H34F2N2O/c1-16(32)31-20-8-10-26(2)19(13-20)4-5-21-23-7-6-22(27(23,3)11-9-24(21)26)17-12-18(25(28)29)15-30-14-17/h4,6,12,14-15,20-21,23-25H,5,7-11,13H2,1-3H3,(H,31,32)/t20-,21+,23+,24+,26+,27-/m1/s1.